The third-order valence-corrected chi connectivity index (χ3v) is 4.42. The van der Waals surface area contributed by atoms with Crippen molar-refractivity contribution < 1.29 is 23.8 Å². The van der Waals surface area contributed by atoms with Gasteiger partial charge >= 0.3 is 5.97 Å². The maximum Gasteiger partial charge on any atom is 0.331 e. The van der Waals surface area contributed by atoms with Crippen LogP contribution in [0.25, 0.3) is 17.0 Å². The van der Waals surface area contributed by atoms with Gasteiger partial charge in [0.05, 0.1) is 13.7 Å². The average Bonchev–Trinajstić information content (AvgIpc) is 3.16. The second-order valence-electron chi connectivity index (χ2n) is 6.37. The normalized spacial score (nSPS) is 12.1. The molecular weight excluding hydrogens is 370 g/mol. The lowest BCUT2D eigenvalue weighted by Crippen LogP contribution is -2.23. The van der Waals surface area contributed by atoms with Gasteiger partial charge in [0.25, 0.3) is 0 Å². The number of para-hydroxylation sites is 1. The first-order chi connectivity index (χ1) is 14.0. The fourth-order valence-corrected chi connectivity index (χ4v) is 2.99. The van der Waals surface area contributed by atoms with E-state index >= 15 is 0 Å². The lowest BCUT2D eigenvalue weighted by molar-refractivity contribution is -0.140. The molecule has 0 saturated heterocycles. The molecule has 1 aromatic heterocycles. The zero-order valence-electron chi connectivity index (χ0n) is 16.6. The Bertz CT molecular complexity index is 1050. The third-order valence-electron chi connectivity index (χ3n) is 4.42. The number of hydrogen-bond acceptors (Lipinski definition) is 5. The van der Waals surface area contributed by atoms with E-state index in [0.717, 1.165) is 16.5 Å². The summed E-state index contributed by atoms with van der Waals surface area (Å²) in [7, 11) is 1.57. The van der Waals surface area contributed by atoms with E-state index in [2.05, 4.69) is 4.98 Å². The number of carbonyl (C=O) groups excluding carboxylic acids is 2. The van der Waals surface area contributed by atoms with Crippen LogP contribution < -0.4 is 9.47 Å². The van der Waals surface area contributed by atoms with Crippen LogP contribution in [0.1, 0.15) is 29.8 Å². The Balaban J connectivity index is 1.67. The second-order valence-corrected chi connectivity index (χ2v) is 6.37. The number of aromatic nitrogens is 1. The molecule has 6 heteroatoms. The molecule has 0 unspecified atom stereocenters. The van der Waals surface area contributed by atoms with Crippen LogP contribution in [0, 0.1) is 0 Å². The number of carbonyl (C=O) groups is 2. The van der Waals surface area contributed by atoms with Gasteiger partial charge in [-0.3, -0.25) is 4.79 Å². The van der Waals surface area contributed by atoms with E-state index in [4.69, 9.17) is 14.2 Å². The highest BCUT2D eigenvalue weighted by atomic mass is 16.5. The highest BCUT2D eigenvalue weighted by Gasteiger charge is 2.21. The molecule has 150 valence electrons. The fourth-order valence-electron chi connectivity index (χ4n) is 2.99. The number of H-pyrrole nitrogens is 1. The topological polar surface area (TPSA) is 77.6 Å². The number of esters is 1. The highest BCUT2D eigenvalue weighted by molar-refractivity contribution is 6.10. The van der Waals surface area contributed by atoms with Crippen molar-refractivity contribution in [1.29, 1.82) is 0 Å². The summed E-state index contributed by atoms with van der Waals surface area (Å²) < 4.78 is 16.1. The molecule has 1 atom stereocenters. The number of rotatable bonds is 8. The molecular formula is C23H23NO5. The van der Waals surface area contributed by atoms with Crippen molar-refractivity contribution >= 4 is 28.7 Å². The molecule has 1 N–H and O–H groups in total. The van der Waals surface area contributed by atoms with Crippen molar-refractivity contribution in [2.24, 2.45) is 0 Å². The van der Waals surface area contributed by atoms with Gasteiger partial charge in [-0.15, -0.1) is 0 Å². The summed E-state index contributed by atoms with van der Waals surface area (Å²) in [5, 5.41) is 0.803. The first-order valence-electron chi connectivity index (χ1n) is 9.33. The molecule has 6 nitrogen and oxygen atoms in total. The molecule has 0 aliphatic heterocycles. The van der Waals surface area contributed by atoms with Crippen LogP contribution in [0.2, 0.25) is 0 Å². The molecule has 0 saturated carbocycles. The Morgan fingerprint density at radius 2 is 1.93 bits per heavy atom. The molecule has 0 aliphatic rings. The number of hydrogen-bond donors (Lipinski definition) is 1. The largest absolute Gasteiger partial charge is 0.493 e. The Morgan fingerprint density at radius 3 is 2.69 bits per heavy atom. The Kier molecular flexibility index (Phi) is 6.34. The minimum absolute atomic E-state index is 0.257. The van der Waals surface area contributed by atoms with Gasteiger partial charge in [-0.25, -0.2) is 4.79 Å². The number of benzene rings is 2. The number of ketones is 1. The average molecular weight is 393 g/mol. The van der Waals surface area contributed by atoms with E-state index in [9.17, 15) is 9.59 Å². The van der Waals surface area contributed by atoms with Gasteiger partial charge in [-0.2, -0.15) is 0 Å². The lowest BCUT2D eigenvalue weighted by atomic mass is 10.1. The molecule has 0 spiro atoms. The maximum atomic E-state index is 12.7. The molecule has 0 fully saturated rings. The predicted octanol–water partition coefficient (Wildman–Crippen LogP) is 4.40. The Hall–Kier alpha value is -3.54. The number of methoxy groups -OCH3 is 1. The van der Waals surface area contributed by atoms with Crippen molar-refractivity contribution in [3.63, 3.8) is 0 Å². The van der Waals surface area contributed by atoms with Gasteiger partial charge in [0, 0.05) is 28.7 Å². The minimum Gasteiger partial charge on any atom is -0.493 e. The molecule has 3 aromatic rings. The van der Waals surface area contributed by atoms with Gasteiger partial charge in [0.1, 0.15) is 0 Å². The molecule has 29 heavy (non-hydrogen) atoms. The monoisotopic (exact) mass is 393 g/mol. The van der Waals surface area contributed by atoms with Crippen molar-refractivity contribution in [2.75, 3.05) is 13.7 Å². The van der Waals surface area contributed by atoms with E-state index in [0.29, 0.717) is 23.7 Å². The second kappa shape index (κ2) is 9.10. The zero-order valence-corrected chi connectivity index (χ0v) is 16.6. The summed E-state index contributed by atoms with van der Waals surface area (Å²) in [6.07, 6.45) is 3.63. The number of nitrogens with one attached hydrogen (secondary N) is 1. The molecule has 0 amide bonds. The molecule has 2 aromatic carbocycles. The SMILES string of the molecule is CCOc1cc(/C=C/C(=O)O[C@H](C)C(=O)c2c[nH]c3ccccc23)ccc1OC. The van der Waals surface area contributed by atoms with Gasteiger partial charge in [-0.1, -0.05) is 24.3 Å². The summed E-state index contributed by atoms with van der Waals surface area (Å²) in [5.74, 6) is 0.352. The fraction of sp³-hybridized carbons (Fsp3) is 0.217. The maximum absolute atomic E-state index is 12.7. The quantitative estimate of drug-likeness (QED) is 0.349. The first-order valence-corrected chi connectivity index (χ1v) is 9.33. The summed E-state index contributed by atoms with van der Waals surface area (Å²) in [6.45, 7) is 3.95. The van der Waals surface area contributed by atoms with E-state index in [1.54, 1.807) is 44.5 Å². The molecule has 0 radical (unpaired) electrons. The highest BCUT2D eigenvalue weighted by Crippen LogP contribution is 2.28. The number of Topliss-reactive ketones (excluding diaryl/α,β-unsaturated/α-hetero) is 1. The summed E-state index contributed by atoms with van der Waals surface area (Å²) in [6, 6.07) is 12.8. The number of ether oxygens (including phenoxy) is 3. The van der Waals surface area contributed by atoms with E-state index in [1.807, 2.05) is 31.2 Å². The number of fused-ring (bicyclic) bond motifs is 1. The molecule has 3 rings (SSSR count). The van der Waals surface area contributed by atoms with Crippen molar-refractivity contribution in [1.82, 2.24) is 4.98 Å². The van der Waals surface area contributed by atoms with Gasteiger partial charge in [0.15, 0.2) is 17.6 Å². The Morgan fingerprint density at radius 1 is 1.14 bits per heavy atom. The predicted molar refractivity (Wildman–Crippen MR) is 111 cm³/mol. The lowest BCUT2D eigenvalue weighted by Gasteiger charge is -2.11. The minimum atomic E-state index is -0.902. The summed E-state index contributed by atoms with van der Waals surface area (Å²) in [4.78, 5) is 27.9. The van der Waals surface area contributed by atoms with E-state index in [1.165, 1.54) is 6.08 Å². The first kappa shape index (κ1) is 20.2. The molecule has 0 bridgehead atoms. The third kappa shape index (κ3) is 4.66. The molecule has 0 aliphatic carbocycles. The van der Waals surface area contributed by atoms with Crippen LogP contribution in [0.4, 0.5) is 0 Å². The smallest absolute Gasteiger partial charge is 0.331 e. The van der Waals surface area contributed by atoms with E-state index in [-0.39, 0.29) is 5.78 Å². The van der Waals surface area contributed by atoms with Gasteiger partial charge < -0.3 is 19.2 Å². The van der Waals surface area contributed by atoms with Crippen LogP contribution in [0.3, 0.4) is 0 Å². The zero-order chi connectivity index (χ0) is 20.8. The summed E-state index contributed by atoms with van der Waals surface area (Å²) >= 11 is 0. The van der Waals surface area contributed by atoms with Gasteiger partial charge in [0.2, 0.25) is 5.78 Å². The van der Waals surface area contributed by atoms with Crippen LogP contribution in [-0.4, -0.2) is 36.6 Å². The molecule has 1 heterocycles. The van der Waals surface area contributed by atoms with Crippen LogP contribution in [-0.2, 0) is 9.53 Å². The van der Waals surface area contributed by atoms with Crippen LogP contribution >= 0.6 is 0 Å². The standard InChI is InChI=1S/C23H23NO5/c1-4-28-21-13-16(9-11-20(21)27-3)10-12-22(25)29-15(2)23(26)18-14-24-19-8-6-5-7-17(18)19/h5-15,24H,4H2,1-3H3/b12-10+/t15-/m1/s1. The van der Waals surface area contributed by atoms with Crippen LogP contribution in [0.5, 0.6) is 11.5 Å². The van der Waals surface area contributed by atoms with Gasteiger partial charge in [-0.05, 0) is 43.7 Å². The summed E-state index contributed by atoms with van der Waals surface area (Å²) in [5.41, 5.74) is 2.11. The van der Waals surface area contributed by atoms with Crippen LogP contribution in [0.15, 0.2) is 54.7 Å². The van der Waals surface area contributed by atoms with Crippen molar-refractivity contribution in [3.05, 3.63) is 65.9 Å². The van der Waals surface area contributed by atoms with E-state index < -0.39 is 12.1 Å². The van der Waals surface area contributed by atoms with Crippen molar-refractivity contribution in [3.8, 4) is 11.5 Å². The van der Waals surface area contributed by atoms with Crippen molar-refractivity contribution in [2.45, 2.75) is 20.0 Å². The Labute approximate surface area is 169 Å². The number of aromatic amines is 1.